The average Bonchev–Trinajstić information content (AvgIpc) is 2.70. The van der Waals surface area contributed by atoms with E-state index < -0.39 is 6.04 Å². The Kier molecular flexibility index (Phi) is 7.16. The van der Waals surface area contributed by atoms with Gasteiger partial charge in [0.15, 0.2) is 0 Å². The van der Waals surface area contributed by atoms with Gasteiger partial charge in [0.1, 0.15) is 11.8 Å². The van der Waals surface area contributed by atoms with Crippen LogP contribution in [0.1, 0.15) is 29.8 Å². The van der Waals surface area contributed by atoms with Gasteiger partial charge in [-0.15, -0.1) is 0 Å². The Bertz CT molecular complexity index is 775. The Labute approximate surface area is 159 Å². The van der Waals surface area contributed by atoms with Crippen LogP contribution in [0.2, 0.25) is 0 Å². The number of amides is 2. The Morgan fingerprint density at radius 2 is 1.78 bits per heavy atom. The molecule has 0 aliphatic rings. The van der Waals surface area contributed by atoms with E-state index in [1.165, 1.54) is 7.11 Å². The molecule has 7 heteroatoms. The molecule has 1 aromatic heterocycles. The van der Waals surface area contributed by atoms with Crippen molar-refractivity contribution in [2.24, 2.45) is 5.92 Å². The van der Waals surface area contributed by atoms with E-state index in [-0.39, 0.29) is 24.3 Å². The maximum absolute atomic E-state index is 12.6. The highest BCUT2D eigenvalue weighted by Crippen LogP contribution is 2.14. The fourth-order valence-corrected chi connectivity index (χ4v) is 2.54. The fourth-order valence-electron chi connectivity index (χ4n) is 2.54. The smallest absolute Gasteiger partial charge is 0.251 e. The van der Waals surface area contributed by atoms with Crippen molar-refractivity contribution in [2.45, 2.75) is 26.4 Å². The average molecular weight is 371 g/mol. The molecule has 0 bridgehead atoms. The van der Waals surface area contributed by atoms with Crippen molar-refractivity contribution in [1.29, 1.82) is 0 Å². The van der Waals surface area contributed by atoms with Crippen LogP contribution in [0.25, 0.3) is 0 Å². The lowest BCUT2D eigenvalue weighted by Gasteiger charge is -2.22. The molecule has 144 valence electrons. The summed E-state index contributed by atoms with van der Waals surface area (Å²) in [7, 11) is 3.09. The van der Waals surface area contributed by atoms with Crippen LogP contribution in [0.5, 0.6) is 11.6 Å². The maximum Gasteiger partial charge on any atom is 0.251 e. The van der Waals surface area contributed by atoms with Gasteiger partial charge in [0.25, 0.3) is 5.91 Å². The predicted molar refractivity (Wildman–Crippen MR) is 102 cm³/mol. The lowest BCUT2D eigenvalue weighted by Crippen LogP contribution is -2.49. The molecule has 0 saturated heterocycles. The third-order valence-electron chi connectivity index (χ3n) is 4.08. The number of nitrogens with zero attached hydrogens (tertiary/aromatic N) is 1. The minimum absolute atomic E-state index is 0.0806. The minimum Gasteiger partial charge on any atom is -0.497 e. The van der Waals surface area contributed by atoms with Gasteiger partial charge < -0.3 is 20.1 Å². The molecule has 7 nitrogen and oxygen atoms in total. The monoisotopic (exact) mass is 371 g/mol. The van der Waals surface area contributed by atoms with E-state index in [9.17, 15) is 9.59 Å². The van der Waals surface area contributed by atoms with E-state index in [0.717, 1.165) is 5.56 Å². The van der Waals surface area contributed by atoms with E-state index in [4.69, 9.17) is 9.47 Å². The summed E-state index contributed by atoms with van der Waals surface area (Å²) in [5.74, 6) is 0.461. The fraction of sp³-hybridized carbons (Fsp3) is 0.350. The Morgan fingerprint density at radius 3 is 2.37 bits per heavy atom. The lowest BCUT2D eigenvalue weighted by atomic mass is 10.0. The largest absolute Gasteiger partial charge is 0.497 e. The highest BCUT2D eigenvalue weighted by atomic mass is 16.5. The summed E-state index contributed by atoms with van der Waals surface area (Å²) in [4.78, 5) is 29.2. The first kappa shape index (κ1) is 20.2. The molecule has 2 aromatic rings. The SMILES string of the molecule is COc1ccc(C(=O)NC(C(=O)NCc2cccnc2OC)C(C)C)cc1. The number of methoxy groups -OCH3 is 2. The molecule has 1 atom stereocenters. The zero-order valence-corrected chi connectivity index (χ0v) is 16.0. The van der Waals surface area contributed by atoms with Crippen molar-refractivity contribution in [1.82, 2.24) is 15.6 Å². The molecule has 2 amide bonds. The summed E-state index contributed by atoms with van der Waals surface area (Å²) < 4.78 is 10.3. The number of carbonyl (C=O) groups excluding carboxylic acids is 2. The minimum atomic E-state index is -0.665. The molecule has 0 aliphatic carbocycles. The molecule has 0 radical (unpaired) electrons. The van der Waals surface area contributed by atoms with Gasteiger partial charge in [-0.05, 0) is 36.2 Å². The van der Waals surface area contributed by atoms with Gasteiger partial charge in [-0.2, -0.15) is 0 Å². The number of aromatic nitrogens is 1. The first-order valence-electron chi connectivity index (χ1n) is 8.66. The van der Waals surface area contributed by atoms with Crippen LogP contribution >= 0.6 is 0 Å². The van der Waals surface area contributed by atoms with Gasteiger partial charge in [0.2, 0.25) is 11.8 Å². The van der Waals surface area contributed by atoms with Gasteiger partial charge in [-0.3, -0.25) is 9.59 Å². The maximum atomic E-state index is 12.6. The highest BCUT2D eigenvalue weighted by Gasteiger charge is 2.24. The van der Waals surface area contributed by atoms with Crippen molar-refractivity contribution in [3.63, 3.8) is 0 Å². The number of benzene rings is 1. The van der Waals surface area contributed by atoms with Gasteiger partial charge in [-0.25, -0.2) is 4.98 Å². The number of hydrogen-bond acceptors (Lipinski definition) is 5. The molecule has 0 spiro atoms. The third kappa shape index (κ3) is 5.44. The van der Waals surface area contributed by atoms with E-state index in [0.29, 0.717) is 17.2 Å². The van der Waals surface area contributed by atoms with Crippen molar-refractivity contribution >= 4 is 11.8 Å². The van der Waals surface area contributed by atoms with Crippen LogP contribution in [0.15, 0.2) is 42.6 Å². The van der Waals surface area contributed by atoms with E-state index >= 15 is 0 Å². The van der Waals surface area contributed by atoms with Crippen molar-refractivity contribution in [3.8, 4) is 11.6 Å². The molecule has 2 rings (SSSR count). The van der Waals surface area contributed by atoms with Crippen molar-refractivity contribution in [3.05, 3.63) is 53.7 Å². The van der Waals surface area contributed by atoms with Gasteiger partial charge in [-0.1, -0.05) is 19.9 Å². The van der Waals surface area contributed by atoms with E-state index in [1.54, 1.807) is 43.6 Å². The second-order valence-electron chi connectivity index (χ2n) is 6.31. The normalized spacial score (nSPS) is 11.6. The summed E-state index contributed by atoms with van der Waals surface area (Å²) in [5.41, 5.74) is 1.22. The zero-order valence-electron chi connectivity index (χ0n) is 16.0. The Balaban J connectivity index is 2.02. The first-order valence-corrected chi connectivity index (χ1v) is 8.66. The number of hydrogen-bond donors (Lipinski definition) is 2. The molecule has 1 heterocycles. The summed E-state index contributed by atoms with van der Waals surface area (Å²) in [6.45, 7) is 4.02. The van der Waals surface area contributed by atoms with Crippen molar-refractivity contribution in [2.75, 3.05) is 14.2 Å². The number of carbonyl (C=O) groups is 2. The molecule has 27 heavy (non-hydrogen) atoms. The molecule has 1 aromatic carbocycles. The Morgan fingerprint density at radius 1 is 1.07 bits per heavy atom. The predicted octanol–water partition coefficient (Wildman–Crippen LogP) is 2.17. The molecule has 0 saturated carbocycles. The molecular weight excluding hydrogens is 346 g/mol. The standard InChI is InChI=1S/C20H25N3O4/c1-13(2)17(23-18(24)14-7-9-16(26-3)10-8-14)19(25)22-12-15-6-5-11-21-20(15)27-4/h5-11,13,17H,12H2,1-4H3,(H,22,25)(H,23,24). The topological polar surface area (TPSA) is 89.5 Å². The lowest BCUT2D eigenvalue weighted by molar-refractivity contribution is -0.124. The van der Waals surface area contributed by atoms with Gasteiger partial charge >= 0.3 is 0 Å². The summed E-state index contributed by atoms with van der Waals surface area (Å²) in [6, 6.07) is 9.65. The molecule has 0 fully saturated rings. The Hall–Kier alpha value is -3.09. The van der Waals surface area contributed by atoms with Crippen molar-refractivity contribution < 1.29 is 19.1 Å². The molecular formula is C20H25N3O4. The second-order valence-corrected chi connectivity index (χ2v) is 6.31. The number of rotatable bonds is 8. The van der Waals surface area contributed by atoms with E-state index in [1.807, 2.05) is 19.9 Å². The van der Waals surface area contributed by atoms with Gasteiger partial charge in [0, 0.05) is 23.9 Å². The van der Waals surface area contributed by atoms with Crippen LogP contribution in [0, 0.1) is 5.92 Å². The molecule has 1 unspecified atom stereocenters. The summed E-state index contributed by atoms with van der Waals surface area (Å²) >= 11 is 0. The highest BCUT2D eigenvalue weighted by molar-refractivity contribution is 5.97. The number of ether oxygens (including phenoxy) is 2. The van der Waals surface area contributed by atoms with Crippen LogP contribution in [0.3, 0.4) is 0 Å². The second kappa shape index (κ2) is 9.56. The third-order valence-corrected chi connectivity index (χ3v) is 4.08. The van der Waals surface area contributed by atoms with Crippen LogP contribution < -0.4 is 20.1 Å². The summed E-state index contributed by atoms with van der Waals surface area (Å²) in [5, 5.41) is 5.63. The van der Waals surface area contributed by atoms with Gasteiger partial charge in [0.05, 0.1) is 14.2 Å². The number of pyridine rings is 1. The summed E-state index contributed by atoms with van der Waals surface area (Å²) in [6.07, 6.45) is 1.62. The number of nitrogens with one attached hydrogen (secondary N) is 2. The van der Waals surface area contributed by atoms with Crippen LogP contribution in [-0.2, 0) is 11.3 Å². The quantitative estimate of drug-likeness (QED) is 0.742. The zero-order chi connectivity index (χ0) is 19.8. The molecule has 0 aliphatic heterocycles. The van der Waals surface area contributed by atoms with Crippen LogP contribution in [0.4, 0.5) is 0 Å². The van der Waals surface area contributed by atoms with Crippen LogP contribution in [-0.4, -0.2) is 37.1 Å². The molecule has 2 N–H and O–H groups in total. The first-order chi connectivity index (χ1) is 13.0. The van der Waals surface area contributed by atoms with E-state index in [2.05, 4.69) is 15.6 Å².